The summed E-state index contributed by atoms with van der Waals surface area (Å²) in [6, 6.07) is 8.34. The summed E-state index contributed by atoms with van der Waals surface area (Å²) >= 11 is 0. The molecule has 1 atom stereocenters. The summed E-state index contributed by atoms with van der Waals surface area (Å²) in [6.07, 6.45) is 4.66. The molecule has 2 heterocycles. The molecule has 1 saturated heterocycles. The van der Waals surface area contributed by atoms with Crippen LogP contribution < -0.4 is 0 Å². The van der Waals surface area contributed by atoms with Crippen molar-refractivity contribution in [3.8, 4) is 0 Å². The lowest BCUT2D eigenvalue weighted by Gasteiger charge is -2.34. The molecule has 2 heteroatoms. The fourth-order valence-corrected chi connectivity index (χ4v) is 3.18. The monoisotopic (exact) mass is 257 g/mol. The maximum Gasteiger partial charge on any atom is 0.134 e. The lowest BCUT2D eigenvalue weighted by Crippen LogP contribution is -2.36. The van der Waals surface area contributed by atoms with Gasteiger partial charge in [-0.2, -0.15) is 0 Å². The lowest BCUT2D eigenvalue weighted by molar-refractivity contribution is 0.139. The van der Waals surface area contributed by atoms with E-state index in [0.717, 1.165) is 24.0 Å². The third kappa shape index (κ3) is 2.69. The van der Waals surface area contributed by atoms with E-state index >= 15 is 0 Å². The molecular formula is C17H23NO. The van der Waals surface area contributed by atoms with Crippen molar-refractivity contribution < 1.29 is 4.42 Å². The maximum absolute atomic E-state index is 5.64. The molecule has 0 N–H and O–H groups in total. The minimum Gasteiger partial charge on any atom is -0.464 e. The van der Waals surface area contributed by atoms with Gasteiger partial charge in [-0.05, 0) is 37.3 Å². The van der Waals surface area contributed by atoms with E-state index in [9.17, 15) is 0 Å². The summed E-state index contributed by atoms with van der Waals surface area (Å²) in [7, 11) is 0. The second-order valence-electron chi connectivity index (χ2n) is 6.14. The molecule has 0 unspecified atom stereocenters. The first-order valence-corrected chi connectivity index (χ1v) is 7.41. The normalized spacial score (nSPS) is 21.3. The molecule has 0 saturated carbocycles. The van der Waals surface area contributed by atoms with E-state index in [2.05, 4.69) is 30.9 Å². The number of hydrogen-bond donors (Lipinski definition) is 0. The Kier molecular flexibility index (Phi) is 3.61. The van der Waals surface area contributed by atoms with E-state index in [1.807, 2.05) is 18.4 Å². The average Bonchev–Trinajstić information content (AvgIpc) is 2.83. The number of nitrogens with zero attached hydrogens (tertiary/aromatic N) is 1. The van der Waals surface area contributed by atoms with Crippen LogP contribution in [0.4, 0.5) is 0 Å². The Hall–Kier alpha value is -1.28. The molecule has 2 aromatic rings. The van der Waals surface area contributed by atoms with Gasteiger partial charge < -0.3 is 4.42 Å². The highest BCUT2D eigenvalue weighted by molar-refractivity contribution is 5.80. The summed E-state index contributed by atoms with van der Waals surface area (Å²) in [5, 5.41) is 1.27. The summed E-state index contributed by atoms with van der Waals surface area (Å²) in [5.41, 5.74) is 2.34. The van der Waals surface area contributed by atoms with Crippen molar-refractivity contribution in [3.05, 3.63) is 36.1 Å². The van der Waals surface area contributed by atoms with Gasteiger partial charge in [0.25, 0.3) is 0 Å². The van der Waals surface area contributed by atoms with Gasteiger partial charge in [-0.15, -0.1) is 0 Å². The largest absolute Gasteiger partial charge is 0.464 e. The molecule has 0 spiro atoms. The van der Waals surface area contributed by atoms with Crippen LogP contribution in [0.5, 0.6) is 0 Å². The van der Waals surface area contributed by atoms with Gasteiger partial charge in [0.1, 0.15) is 5.58 Å². The van der Waals surface area contributed by atoms with Crippen molar-refractivity contribution in [1.29, 1.82) is 0 Å². The van der Waals surface area contributed by atoms with Crippen LogP contribution in [0.2, 0.25) is 0 Å². The number of rotatable bonds is 3. The molecule has 0 bridgehead atoms. The predicted molar refractivity (Wildman–Crippen MR) is 79.1 cm³/mol. The Morgan fingerprint density at radius 3 is 3.00 bits per heavy atom. The fourth-order valence-electron chi connectivity index (χ4n) is 3.18. The number of hydrogen-bond acceptors (Lipinski definition) is 2. The summed E-state index contributed by atoms with van der Waals surface area (Å²) in [4.78, 5) is 2.59. The van der Waals surface area contributed by atoms with Crippen LogP contribution in [0.15, 0.2) is 34.9 Å². The number of para-hydroxylation sites is 1. The van der Waals surface area contributed by atoms with Crippen molar-refractivity contribution in [2.75, 3.05) is 13.1 Å². The maximum atomic E-state index is 5.64. The topological polar surface area (TPSA) is 16.4 Å². The van der Waals surface area contributed by atoms with Crippen LogP contribution in [0.3, 0.4) is 0 Å². The van der Waals surface area contributed by atoms with Crippen molar-refractivity contribution in [3.63, 3.8) is 0 Å². The Bertz CT molecular complexity index is 543. The van der Waals surface area contributed by atoms with Crippen LogP contribution in [-0.2, 0) is 6.54 Å². The van der Waals surface area contributed by atoms with E-state index < -0.39 is 0 Å². The molecule has 3 rings (SSSR count). The van der Waals surface area contributed by atoms with Gasteiger partial charge in [0, 0.05) is 24.0 Å². The van der Waals surface area contributed by atoms with E-state index in [0.29, 0.717) is 0 Å². The zero-order valence-electron chi connectivity index (χ0n) is 11.9. The molecule has 0 amide bonds. The standard InChI is InChI=1S/C17H23NO/c1-13(2)14-6-5-9-18(10-14)11-15-12-19-17-8-4-3-7-16(15)17/h3-4,7-8,12-14H,5-6,9-11H2,1-2H3/t14-/m1/s1. The highest BCUT2D eigenvalue weighted by atomic mass is 16.3. The second kappa shape index (κ2) is 5.38. The quantitative estimate of drug-likeness (QED) is 0.815. The van der Waals surface area contributed by atoms with Gasteiger partial charge in [0.15, 0.2) is 0 Å². The van der Waals surface area contributed by atoms with Gasteiger partial charge in [-0.1, -0.05) is 32.0 Å². The van der Waals surface area contributed by atoms with Crippen molar-refractivity contribution in [1.82, 2.24) is 4.90 Å². The molecule has 1 aliphatic rings. The zero-order chi connectivity index (χ0) is 13.2. The summed E-state index contributed by atoms with van der Waals surface area (Å²) < 4.78 is 5.64. The molecule has 0 radical (unpaired) electrons. The summed E-state index contributed by atoms with van der Waals surface area (Å²) in [5.74, 6) is 1.65. The minimum absolute atomic E-state index is 0.795. The fraction of sp³-hybridized carbons (Fsp3) is 0.529. The third-order valence-corrected chi connectivity index (χ3v) is 4.44. The highest BCUT2D eigenvalue weighted by Gasteiger charge is 2.22. The van der Waals surface area contributed by atoms with Gasteiger partial charge in [-0.25, -0.2) is 0 Å². The number of benzene rings is 1. The number of fused-ring (bicyclic) bond motifs is 1. The molecule has 102 valence electrons. The average molecular weight is 257 g/mol. The van der Waals surface area contributed by atoms with Crippen molar-refractivity contribution in [2.24, 2.45) is 11.8 Å². The Labute approximate surface area is 115 Å². The van der Waals surface area contributed by atoms with Crippen LogP contribution in [0, 0.1) is 11.8 Å². The predicted octanol–water partition coefficient (Wildman–Crippen LogP) is 4.30. The van der Waals surface area contributed by atoms with E-state index in [1.165, 1.54) is 36.9 Å². The van der Waals surface area contributed by atoms with Crippen molar-refractivity contribution in [2.45, 2.75) is 33.2 Å². The smallest absolute Gasteiger partial charge is 0.134 e. The van der Waals surface area contributed by atoms with E-state index in [1.54, 1.807) is 0 Å². The van der Waals surface area contributed by atoms with Crippen molar-refractivity contribution >= 4 is 11.0 Å². The number of likely N-dealkylation sites (tertiary alicyclic amines) is 1. The molecule has 1 aromatic heterocycles. The zero-order valence-corrected chi connectivity index (χ0v) is 11.9. The highest BCUT2D eigenvalue weighted by Crippen LogP contribution is 2.27. The third-order valence-electron chi connectivity index (χ3n) is 4.44. The molecule has 19 heavy (non-hydrogen) atoms. The first kappa shape index (κ1) is 12.7. The molecular weight excluding hydrogens is 234 g/mol. The Morgan fingerprint density at radius 2 is 2.16 bits per heavy atom. The Morgan fingerprint density at radius 1 is 1.32 bits per heavy atom. The van der Waals surface area contributed by atoms with E-state index in [4.69, 9.17) is 4.42 Å². The Balaban J connectivity index is 1.74. The lowest BCUT2D eigenvalue weighted by atomic mass is 9.88. The van der Waals surface area contributed by atoms with Gasteiger partial charge in [-0.3, -0.25) is 4.90 Å². The first-order chi connectivity index (χ1) is 9.24. The second-order valence-corrected chi connectivity index (χ2v) is 6.14. The van der Waals surface area contributed by atoms with Gasteiger partial charge in [0.2, 0.25) is 0 Å². The van der Waals surface area contributed by atoms with E-state index in [-0.39, 0.29) is 0 Å². The molecule has 0 aliphatic carbocycles. The van der Waals surface area contributed by atoms with Crippen LogP contribution in [0.1, 0.15) is 32.3 Å². The molecule has 2 nitrogen and oxygen atoms in total. The van der Waals surface area contributed by atoms with Crippen LogP contribution in [-0.4, -0.2) is 18.0 Å². The molecule has 1 fully saturated rings. The molecule has 1 aromatic carbocycles. The van der Waals surface area contributed by atoms with Crippen LogP contribution >= 0.6 is 0 Å². The SMILES string of the molecule is CC(C)[C@@H]1CCCN(Cc2coc3ccccc23)C1. The number of furan rings is 1. The minimum atomic E-state index is 0.795. The van der Waals surface area contributed by atoms with Gasteiger partial charge in [0.05, 0.1) is 6.26 Å². The summed E-state index contributed by atoms with van der Waals surface area (Å²) in [6.45, 7) is 8.18. The van der Waals surface area contributed by atoms with Gasteiger partial charge >= 0.3 is 0 Å². The van der Waals surface area contributed by atoms with Crippen LogP contribution in [0.25, 0.3) is 11.0 Å². The molecule has 1 aliphatic heterocycles. The number of piperidine rings is 1. The first-order valence-electron chi connectivity index (χ1n) is 7.41.